The van der Waals surface area contributed by atoms with Gasteiger partial charge in [-0.1, -0.05) is 0 Å². The summed E-state index contributed by atoms with van der Waals surface area (Å²) in [6, 6.07) is 3.06. The molecule has 0 spiro atoms. The van der Waals surface area contributed by atoms with E-state index >= 15 is 0 Å². The lowest BCUT2D eigenvalue weighted by Crippen LogP contribution is -2.00. The molecule has 1 rings (SSSR count). The fraction of sp³-hybridized carbons (Fsp3) is 0.222. The first kappa shape index (κ1) is 12.0. The quantitative estimate of drug-likeness (QED) is 0.560. The van der Waals surface area contributed by atoms with Crippen molar-refractivity contribution in [2.24, 2.45) is 0 Å². The molecule has 5 heteroatoms. The Morgan fingerprint density at radius 3 is 2.50 bits per heavy atom. The second-order valence-electron chi connectivity index (χ2n) is 2.68. The second-order valence-corrected chi connectivity index (χ2v) is 4.63. The van der Waals surface area contributed by atoms with E-state index in [-0.39, 0.29) is 15.8 Å². The average Bonchev–Trinajstić information content (AvgIpc) is 2.02. The SMILES string of the molecule is CC(=O)c1ccc(I)c(C(F)F)c1Br. The summed E-state index contributed by atoms with van der Waals surface area (Å²) in [4.78, 5) is 11.1. The Morgan fingerprint density at radius 1 is 1.50 bits per heavy atom. The minimum atomic E-state index is -2.57. The predicted octanol–water partition coefficient (Wildman–Crippen LogP) is 4.19. The molecular weight excluding hydrogens is 369 g/mol. The van der Waals surface area contributed by atoms with Crippen LogP contribution in [0.1, 0.15) is 29.3 Å². The zero-order valence-corrected chi connectivity index (χ0v) is 10.9. The molecule has 1 aromatic carbocycles. The van der Waals surface area contributed by atoms with Gasteiger partial charge in [0.25, 0.3) is 6.43 Å². The number of carbonyl (C=O) groups is 1. The summed E-state index contributed by atoms with van der Waals surface area (Å²) in [6.45, 7) is 1.35. The first-order chi connectivity index (χ1) is 6.45. The Morgan fingerprint density at radius 2 is 2.07 bits per heavy atom. The standard InChI is InChI=1S/C9H6BrF2IO/c1-4(14)5-2-3-6(13)7(8(5)10)9(11)12/h2-3,9H,1H3. The number of alkyl halides is 2. The van der Waals surface area contributed by atoms with Crippen LogP contribution in [0, 0.1) is 3.57 Å². The fourth-order valence-electron chi connectivity index (χ4n) is 1.04. The van der Waals surface area contributed by atoms with Crippen LogP contribution in [0.25, 0.3) is 0 Å². The molecule has 0 N–H and O–H groups in total. The number of hydrogen-bond donors (Lipinski definition) is 0. The van der Waals surface area contributed by atoms with Crippen molar-refractivity contribution in [2.75, 3.05) is 0 Å². The van der Waals surface area contributed by atoms with Crippen LogP contribution >= 0.6 is 38.5 Å². The van der Waals surface area contributed by atoms with Crippen molar-refractivity contribution >= 4 is 44.3 Å². The predicted molar refractivity (Wildman–Crippen MR) is 61.8 cm³/mol. The lowest BCUT2D eigenvalue weighted by molar-refractivity contribution is 0.101. The van der Waals surface area contributed by atoms with Gasteiger partial charge in [0.15, 0.2) is 5.78 Å². The Balaban J connectivity index is 3.41. The van der Waals surface area contributed by atoms with Gasteiger partial charge in [0.1, 0.15) is 0 Å². The maximum absolute atomic E-state index is 12.6. The van der Waals surface area contributed by atoms with Gasteiger partial charge < -0.3 is 0 Å². The Labute approximate surface area is 102 Å². The van der Waals surface area contributed by atoms with E-state index in [0.29, 0.717) is 9.13 Å². The van der Waals surface area contributed by atoms with E-state index in [9.17, 15) is 13.6 Å². The molecule has 0 aromatic heterocycles. The van der Waals surface area contributed by atoms with Crippen LogP contribution in [0.15, 0.2) is 16.6 Å². The molecule has 1 aromatic rings. The maximum atomic E-state index is 12.6. The molecule has 0 bridgehead atoms. The summed E-state index contributed by atoms with van der Waals surface area (Å²) < 4.78 is 25.8. The smallest absolute Gasteiger partial charge is 0.265 e. The van der Waals surface area contributed by atoms with Crippen LogP contribution in [0.3, 0.4) is 0 Å². The summed E-state index contributed by atoms with van der Waals surface area (Å²) in [6.07, 6.45) is -2.57. The lowest BCUT2D eigenvalue weighted by Gasteiger charge is -2.09. The van der Waals surface area contributed by atoms with Crippen LogP contribution in [-0.2, 0) is 0 Å². The van der Waals surface area contributed by atoms with Gasteiger partial charge in [0.2, 0.25) is 0 Å². The average molecular weight is 375 g/mol. The number of ketones is 1. The lowest BCUT2D eigenvalue weighted by atomic mass is 10.1. The van der Waals surface area contributed by atoms with E-state index in [1.807, 2.05) is 22.6 Å². The van der Waals surface area contributed by atoms with Crippen LogP contribution in [0.4, 0.5) is 8.78 Å². The Kier molecular flexibility index (Phi) is 4.00. The molecule has 1 nitrogen and oxygen atoms in total. The number of carbonyl (C=O) groups excluding carboxylic acids is 1. The van der Waals surface area contributed by atoms with Gasteiger partial charge in [-0.05, 0) is 57.6 Å². The highest BCUT2D eigenvalue weighted by atomic mass is 127. The minimum Gasteiger partial charge on any atom is -0.294 e. The highest BCUT2D eigenvalue weighted by molar-refractivity contribution is 14.1. The third-order valence-electron chi connectivity index (χ3n) is 1.72. The van der Waals surface area contributed by atoms with Gasteiger partial charge in [0, 0.05) is 19.2 Å². The van der Waals surface area contributed by atoms with Gasteiger partial charge in [-0.2, -0.15) is 0 Å². The molecule has 0 heterocycles. The van der Waals surface area contributed by atoms with E-state index in [4.69, 9.17) is 0 Å². The molecule has 0 atom stereocenters. The first-order valence-electron chi connectivity index (χ1n) is 3.72. The molecule has 0 aliphatic carbocycles. The summed E-state index contributed by atoms with van der Waals surface area (Å²) in [5, 5.41) is 0. The summed E-state index contributed by atoms with van der Waals surface area (Å²) in [7, 11) is 0. The monoisotopic (exact) mass is 374 g/mol. The Bertz CT molecular complexity index is 379. The zero-order chi connectivity index (χ0) is 10.9. The maximum Gasteiger partial charge on any atom is 0.265 e. The Hall–Kier alpha value is -0.0400. The summed E-state index contributed by atoms with van der Waals surface area (Å²) >= 11 is 4.85. The second kappa shape index (κ2) is 4.65. The van der Waals surface area contributed by atoms with Crippen LogP contribution < -0.4 is 0 Å². The number of halogens is 4. The third kappa shape index (κ3) is 2.31. The third-order valence-corrected chi connectivity index (χ3v) is 3.52. The van der Waals surface area contributed by atoms with E-state index in [1.54, 1.807) is 6.07 Å². The van der Waals surface area contributed by atoms with Gasteiger partial charge in [-0.25, -0.2) is 8.78 Å². The molecule has 0 radical (unpaired) electrons. The van der Waals surface area contributed by atoms with Crippen molar-refractivity contribution in [1.82, 2.24) is 0 Å². The molecule has 14 heavy (non-hydrogen) atoms. The van der Waals surface area contributed by atoms with Crippen LogP contribution in [0.2, 0.25) is 0 Å². The normalized spacial score (nSPS) is 10.7. The molecule has 76 valence electrons. The highest BCUT2D eigenvalue weighted by Gasteiger charge is 2.19. The topological polar surface area (TPSA) is 17.1 Å². The van der Waals surface area contributed by atoms with E-state index in [2.05, 4.69) is 15.9 Å². The van der Waals surface area contributed by atoms with E-state index in [1.165, 1.54) is 13.0 Å². The van der Waals surface area contributed by atoms with Crippen molar-refractivity contribution in [1.29, 1.82) is 0 Å². The van der Waals surface area contributed by atoms with Crippen LogP contribution in [-0.4, -0.2) is 5.78 Å². The fourth-order valence-corrected chi connectivity index (χ4v) is 2.89. The van der Waals surface area contributed by atoms with E-state index < -0.39 is 6.43 Å². The van der Waals surface area contributed by atoms with Gasteiger partial charge in [0.05, 0.1) is 0 Å². The van der Waals surface area contributed by atoms with Crippen molar-refractivity contribution < 1.29 is 13.6 Å². The molecule has 0 aliphatic heterocycles. The van der Waals surface area contributed by atoms with Crippen molar-refractivity contribution in [2.45, 2.75) is 13.3 Å². The van der Waals surface area contributed by atoms with Gasteiger partial charge >= 0.3 is 0 Å². The molecular formula is C9H6BrF2IO. The molecule has 0 saturated heterocycles. The van der Waals surface area contributed by atoms with Crippen molar-refractivity contribution in [3.8, 4) is 0 Å². The largest absolute Gasteiger partial charge is 0.294 e. The van der Waals surface area contributed by atoms with Crippen LogP contribution in [0.5, 0.6) is 0 Å². The molecule has 0 fully saturated rings. The molecule has 0 aliphatic rings. The zero-order valence-electron chi connectivity index (χ0n) is 7.15. The summed E-state index contributed by atoms with van der Waals surface area (Å²) in [5.41, 5.74) is 0.180. The summed E-state index contributed by atoms with van der Waals surface area (Å²) in [5.74, 6) is -0.227. The van der Waals surface area contributed by atoms with Gasteiger partial charge in [-0.15, -0.1) is 0 Å². The molecule has 0 amide bonds. The van der Waals surface area contributed by atoms with Crippen molar-refractivity contribution in [3.63, 3.8) is 0 Å². The number of benzene rings is 1. The first-order valence-corrected chi connectivity index (χ1v) is 5.59. The highest BCUT2D eigenvalue weighted by Crippen LogP contribution is 2.34. The van der Waals surface area contributed by atoms with Gasteiger partial charge in [-0.3, -0.25) is 4.79 Å². The molecule has 0 unspecified atom stereocenters. The number of hydrogen-bond acceptors (Lipinski definition) is 1. The van der Waals surface area contributed by atoms with Crippen molar-refractivity contribution in [3.05, 3.63) is 31.3 Å². The molecule has 0 saturated carbocycles. The number of rotatable bonds is 2. The van der Waals surface area contributed by atoms with E-state index in [0.717, 1.165) is 0 Å². The minimum absolute atomic E-state index is 0.113. The number of Topliss-reactive ketones (excluding diaryl/α,β-unsaturated/α-hetero) is 1.